The van der Waals surface area contributed by atoms with Crippen LogP contribution < -0.4 is 10.6 Å². The maximum Gasteiger partial charge on any atom is 0.315 e. The Morgan fingerprint density at radius 2 is 1.62 bits per heavy atom. The summed E-state index contributed by atoms with van der Waals surface area (Å²) in [6.45, 7) is 6.53. The van der Waals surface area contributed by atoms with Crippen molar-refractivity contribution >= 4 is 12.0 Å². The first kappa shape index (κ1) is 17.8. The van der Waals surface area contributed by atoms with Gasteiger partial charge in [0.2, 0.25) is 0 Å². The zero-order valence-corrected chi connectivity index (χ0v) is 13.4. The first-order valence-electron chi connectivity index (χ1n) is 7.58. The van der Waals surface area contributed by atoms with Gasteiger partial charge in [0.1, 0.15) is 0 Å². The maximum atomic E-state index is 12.1. The van der Waals surface area contributed by atoms with Gasteiger partial charge >= 0.3 is 12.0 Å². The van der Waals surface area contributed by atoms with Gasteiger partial charge < -0.3 is 20.8 Å². The van der Waals surface area contributed by atoms with E-state index in [0.717, 1.165) is 25.7 Å². The summed E-state index contributed by atoms with van der Waals surface area (Å²) in [7, 11) is 0. The first-order chi connectivity index (χ1) is 9.58. The number of carbonyl (C=O) groups excluding carboxylic acids is 1. The molecule has 1 aliphatic rings. The standard InChI is InChI=1S/C15H28N2O4/c1-14(2,12(19)20)15(3,4)17-13(21)16-10-8-6-5-7-9-11(10)18/h10-11,18H,5-9H2,1-4H3,(H,19,20)(H2,16,17,21). The van der Waals surface area contributed by atoms with E-state index >= 15 is 0 Å². The molecule has 1 saturated carbocycles. The fraction of sp³-hybridized carbons (Fsp3) is 0.867. The molecule has 6 heteroatoms. The van der Waals surface area contributed by atoms with Gasteiger partial charge in [0.15, 0.2) is 0 Å². The van der Waals surface area contributed by atoms with Gasteiger partial charge in [-0.25, -0.2) is 4.79 Å². The fourth-order valence-electron chi connectivity index (χ4n) is 2.37. The van der Waals surface area contributed by atoms with Crippen LogP contribution in [0.4, 0.5) is 4.79 Å². The molecule has 21 heavy (non-hydrogen) atoms. The number of hydrogen-bond donors (Lipinski definition) is 4. The normalized spacial score (nSPS) is 24.0. The second kappa shape index (κ2) is 6.64. The smallest absolute Gasteiger partial charge is 0.315 e. The van der Waals surface area contributed by atoms with Crippen LogP contribution in [0.5, 0.6) is 0 Å². The minimum atomic E-state index is -1.10. The molecule has 0 aliphatic heterocycles. The predicted octanol–water partition coefficient (Wildman–Crippen LogP) is 1.87. The van der Waals surface area contributed by atoms with Crippen LogP contribution in [0.3, 0.4) is 0 Å². The molecule has 0 heterocycles. The highest BCUT2D eigenvalue weighted by molar-refractivity contribution is 5.79. The summed E-state index contributed by atoms with van der Waals surface area (Å²) < 4.78 is 0. The highest BCUT2D eigenvalue weighted by atomic mass is 16.4. The number of rotatable bonds is 4. The maximum absolute atomic E-state index is 12.1. The predicted molar refractivity (Wildman–Crippen MR) is 80.0 cm³/mol. The van der Waals surface area contributed by atoms with Crippen LogP contribution in [-0.4, -0.2) is 39.9 Å². The average molecular weight is 300 g/mol. The molecule has 1 fully saturated rings. The highest BCUT2D eigenvalue weighted by Crippen LogP contribution is 2.30. The third-order valence-electron chi connectivity index (χ3n) is 4.82. The number of hydrogen-bond acceptors (Lipinski definition) is 3. The summed E-state index contributed by atoms with van der Waals surface area (Å²) in [5.74, 6) is -0.970. The average Bonchev–Trinajstić information content (AvgIpc) is 2.53. The van der Waals surface area contributed by atoms with Crippen molar-refractivity contribution in [2.75, 3.05) is 0 Å². The van der Waals surface area contributed by atoms with Gasteiger partial charge in [-0.15, -0.1) is 0 Å². The molecule has 0 aromatic carbocycles. The van der Waals surface area contributed by atoms with Gasteiger partial charge in [0, 0.05) is 0 Å². The van der Waals surface area contributed by atoms with E-state index in [2.05, 4.69) is 10.6 Å². The molecule has 0 aromatic heterocycles. The SMILES string of the molecule is CC(C)(NC(=O)NC1CCCCCC1O)C(C)(C)C(=O)O. The lowest BCUT2D eigenvalue weighted by atomic mass is 9.74. The van der Waals surface area contributed by atoms with E-state index in [0.29, 0.717) is 6.42 Å². The van der Waals surface area contributed by atoms with Crippen molar-refractivity contribution in [1.82, 2.24) is 10.6 Å². The van der Waals surface area contributed by atoms with Crippen molar-refractivity contribution in [1.29, 1.82) is 0 Å². The Morgan fingerprint density at radius 3 is 2.19 bits per heavy atom. The van der Waals surface area contributed by atoms with Crippen molar-refractivity contribution in [2.24, 2.45) is 5.41 Å². The zero-order valence-electron chi connectivity index (χ0n) is 13.4. The molecule has 0 aromatic rings. The number of carboxylic acids is 1. The molecular formula is C15H28N2O4. The third-order valence-corrected chi connectivity index (χ3v) is 4.82. The number of urea groups is 1. The molecule has 2 amide bonds. The lowest BCUT2D eigenvalue weighted by Gasteiger charge is -2.39. The van der Waals surface area contributed by atoms with E-state index in [-0.39, 0.29) is 6.04 Å². The van der Waals surface area contributed by atoms with Crippen molar-refractivity contribution < 1.29 is 19.8 Å². The summed E-state index contributed by atoms with van der Waals surface area (Å²) in [4.78, 5) is 23.5. The Kier molecular flexibility index (Phi) is 5.61. The molecule has 122 valence electrons. The van der Waals surface area contributed by atoms with E-state index in [4.69, 9.17) is 0 Å². The number of amides is 2. The Hall–Kier alpha value is -1.30. The monoisotopic (exact) mass is 300 g/mol. The molecule has 1 rings (SSSR count). The number of aliphatic hydroxyl groups excluding tert-OH is 1. The number of aliphatic hydroxyl groups is 1. The second-order valence-electron chi connectivity index (χ2n) is 6.97. The Bertz CT molecular complexity index is 393. The Balaban J connectivity index is 2.65. The minimum absolute atomic E-state index is 0.267. The quantitative estimate of drug-likeness (QED) is 0.596. The molecule has 0 radical (unpaired) electrons. The van der Waals surface area contributed by atoms with Gasteiger partial charge in [-0.1, -0.05) is 19.3 Å². The number of aliphatic carboxylic acids is 1. The molecule has 1 aliphatic carbocycles. The molecule has 2 unspecified atom stereocenters. The lowest BCUT2D eigenvalue weighted by Crippen LogP contribution is -2.60. The molecule has 0 spiro atoms. The largest absolute Gasteiger partial charge is 0.481 e. The summed E-state index contributed by atoms with van der Waals surface area (Å²) in [6.07, 6.45) is 3.92. The topological polar surface area (TPSA) is 98.7 Å². The number of carbonyl (C=O) groups is 2. The lowest BCUT2D eigenvalue weighted by molar-refractivity contribution is -0.150. The second-order valence-corrected chi connectivity index (χ2v) is 6.97. The van der Waals surface area contributed by atoms with Crippen molar-refractivity contribution in [3.05, 3.63) is 0 Å². The van der Waals surface area contributed by atoms with Gasteiger partial charge in [0.25, 0.3) is 0 Å². The number of carboxylic acid groups (broad SMARTS) is 1. The molecular weight excluding hydrogens is 272 g/mol. The van der Waals surface area contributed by atoms with E-state index in [9.17, 15) is 19.8 Å². The molecule has 6 nitrogen and oxygen atoms in total. The van der Waals surface area contributed by atoms with E-state index in [1.807, 2.05) is 0 Å². The third kappa shape index (κ3) is 4.33. The Labute approximate surface area is 126 Å². The van der Waals surface area contributed by atoms with Gasteiger partial charge in [-0.2, -0.15) is 0 Å². The van der Waals surface area contributed by atoms with E-state index < -0.39 is 29.1 Å². The summed E-state index contributed by atoms with van der Waals surface area (Å²) in [5, 5.41) is 24.8. The van der Waals surface area contributed by atoms with E-state index in [1.54, 1.807) is 27.7 Å². The van der Waals surface area contributed by atoms with Crippen LogP contribution >= 0.6 is 0 Å². The van der Waals surface area contributed by atoms with Crippen molar-refractivity contribution in [3.63, 3.8) is 0 Å². The van der Waals surface area contributed by atoms with Crippen LogP contribution in [0.1, 0.15) is 59.8 Å². The van der Waals surface area contributed by atoms with Gasteiger partial charge in [-0.3, -0.25) is 4.79 Å². The van der Waals surface area contributed by atoms with Crippen LogP contribution in [0.25, 0.3) is 0 Å². The van der Waals surface area contributed by atoms with Crippen LogP contribution in [0.2, 0.25) is 0 Å². The summed E-state index contributed by atoms with van der Waals surface area (Å²) >= 11 is 0. The van der Waals surface area contributed by atoms with Crippen LogP contribution in [0, 0.1) is 5.41 Å². The number of nitrogens with one attached hydrogen (secondary N) is 2. The van der Waals surface area contributed by atoms with E-state index in [1.165, 1.54) is 0 Å². The van der Waals surface area contributed by atoms with Gasteiger partial charge in [0.05, 0.1) is 23.1 Å². The zero-order chi connectivity index (χ0) is 16.3. The molecule has 4 N–H and O–H groups in total. The molecule has 2 atom stereocenters. The Morgan fingerprint density at radius 1 is 1.05 bits per heavy atom. The minimum Gasteiger partial charge on any atom is -0.481 e. The van der Waals surface area contributed by atoms with Crippen molar-refractivity contribution in [2.45, 2.75) is 77.5 Å². The van der Waals surface area contributed by atoms with Crippen LogP contribution in [0.15, 0.2) is 0 Å². The molecule has 0 saturated heterocycles. The van der Waals surface area contributed by atoms with Crippen molar-refractivity contribution in [3.8, 4) is 0 Å². The first-order valence-corrected chi connectivity index (χ1v) is 7.58. The molecule has 0 bridgehead atoms. The fourth-order valence-corrected chi connectivity index (χ4v) is 2.37. The van der Waals surface area contributed by atoms with Crippen LogP contribution in [-0.2, 0) is 4.79 Å². The van der Waals surface area contributed by atoms with Gasteiger partial charge in [-0.05, 0) is 40.5 Å². The summed E-state index contributed by atoms with van der Waals surface area (Å²) in [5.41, 5.74) is -2.02. The summed E-state index contributed by atoms with van der Waals surface area (Å²) in [6, 6.07) is -0.698. The highest BCUT2D eigenvalue weighted by Gasteiger charge is 2.44.